The van der Waals surface area contributed by atoms with Gasteiger partial charge in [-0.2, -0.15) is 5.26 Å². The third-order valence-corrected chi connectivity index (χ3v) is 6.58. The van der Waals surface area contributed by atoms with Gasteiger partial charge in [0.2, 0.25) is 0 Å². The third-order valence-electron chi connectivity index (χ3n) is 6.58. The predicted molar refractivity (Wildman–Crippen MR) is 158 cm³/mol. The number of aromatic nitrogens is 1. The molecule has 0 atom stereocenters. The molecule has 1 saturated heterocycles. The molecule has 9 heteroatoms. The van der Waals surface area contributed by atoms with Crippen LogP contribution in [0.25, 0.3) is 22.0 Å². The van der Waals surface area contributed by atoms with E-state index in [1.54, 1.807) is 37.8 Å². The van der Waals surface area contributed by atoms with Crippen LogP contribution in [0.5, 0.6) is 5.75 Å². The van der Waals surface area contributed by atoms with Gasteiger partial charge in [0.1, 0.15) is 17.0 Å². The highest BCUT2D eigenvalue weighted by Crippen LogP contribution is 2.36. The van der Waals surface area contributed by atoms with E-state index < -0.39 is 11.7 Å². The second-order valence-electron chi connectivity index (χ2n) is 10.8. The molecule has 1 aliphatic rings. The van der Waals surface area contributed by atoms with E-state index in [1.807, 2.05) is 43.3 Å². The number of anilines is 1. The van der Waals surface area contributed by atoms with Crippen LogP contribution in [0.3, 0.4) is 0 Å². The number of nitrogens with zero attached hydrogens (tertiary/aromatic N) is 3. The van der Waals surface area contributed by atoms with Gasteiger partial charge in [0.15, 0.2) is 0 Å². The Bertz CT molecular complexity index is 1480. The molecule has 2 amide bonds. The lowest BCUT2D eigenvalue weighted by molar-refractivity contribution is 0.0315. The van der Waals surface area contributed by atoms with E-state index in [2.05, 4.69) is 18.0 Å². The monoisotopic (exact) mass is 556 g/mol. The molecular formula is C32H36N4O5. The number of hydrogen-bond donors (Lipinski definition) is 1. The number of amides is 2. The quantitative estimate of drug-likeness (QED) is 0.322. The maximum Gasteiger partial charge on any atom is 0.412 e. The Morgan fingerprint density at radius 2 is 1.90 bits per heavy atom. The first-order valence-electron chi connectivity index (χ1n) is 13.7. The summed E-state index contributed by atoms with van der Waals surface area (Å²) in [6.45, 7) is 12.7. The van der Waals surface area contributed by atoms with Crippen LogP contribution in [0.1, 0.15) is 51.0 Å². The van der Waals surface area contributed by atoms with Gasteiger partial charge >= 0.3 is 6.09 Å². The normalized spacial score (nSPS) is 13.7. The van der Waals surface area contributed by atoms with Gasteiger partial charge in [-0.25, -0.2) is 9.78 Å². The average Bonchev–Trinajstić information content (AvgIpc) is 2.96. The first kappa shape index (κ1) is 29.6. The van der Waals surface area contributed by atoms with Crippen LogP contribution in [0.15, 0.2) is 60.7 Å². The number of carbonyl (C=O) groups excluding carboxylic acids is 2. The number of rotatable bonds is 8. The van der Waals surface area contributed by atoms with Gasteiger partial charge in [0, 0.05) is 35.8 Å². The number of hydrogen-bond acceptors (Lipinski definition) is 7. The van der Waals surface area contributed by atoms with Crippen molar-refractivity contribution < 1.29 is 23.8 Å². The molecule has 1 fully saturated rings. The van der Waals surface area contributed by atoms with E-state index in [9.17, 15) is 14.9 Å². The highest BCUT2D eigenvalue weighted by molar-refractivity contribution is 6.04. The number of pyridine rings is 1. The number of nitrogens with one attached hydrogen (secondary N) is 1. The summed E-state index contributed by atoms with van der Waals surface area (Å²) in [6, 6.07) is 16.8. The van der Waals surface area contributed by atoms with Crippen LogP contribution in [-0.4, -0.2) is 59.9 Å². The van der Waals surface area contributed by atoms with Gasteiger partial charge in [0.05, 0.1) is 30.6 Å². The lowest BCUT2D eigenvalue weighted by Crippen LogP contribution is -2.44. The standard InChI is InChI=1S/C32H36N4O5/c1-6-40-28-13-12-22-10-11-23(18-25(22)29(28)35-31(38)41-32(3,4)5)26-8-7-9-27(34-26)30(37)36(20-21(2)19-33)24-14-16-39-17-15-24/h7-13,18,24H,2,6,14-17,20H2,1,3-5H3,(H,35,38). The molecule has 0 unspecified atom stereocenters. The first-order valence-corrected chi connectivity index (χ1v) is 13.7. The second-order valence-corrected chi connectivity index (χ2v) is 10.8. The topological polar surface area (TPSA) is 114 Å². The molecule has 2 heterocycles. The molecule has 4 rings (SSSR count). The molecule has 0 bridgehead atoms. The average molecular weight is 557 g/mol. The van der Waals surface area contributed by atoms with E-state index in [0.717, 1.165) is 16.3 Å². The molecule has 0 aliphatic carbocycles. The summed E-state index contributed by atoms with van der Waals surface area (Å²) >= 11 is 0. The fraction of sp³-hybridized carbons (Fsp3) is 0.375. The number of ether oxygens (including phenoxy) is 3. The molecule has 1 aromatic heterocycles. The Hall–Kier alpha value is -4.42. The summed E-state index contributed by atoms with van der Waals surface area (Å²) in [5.41, 5.74) is 1.76. The van der Waals surface area contributed by atoms with Gasteiger partial charge < -0.3 is 19.1 Å². The van der Waals surface area contributed by atoms with E-state index in [4.69, 9.17) is 19.2 Å². The molecule has 3 aromatic rings. The summed E-state index contributed by atoms with van der Waals surface area (Å²) < 4.78 is 16.8. The lowest BCUT2D eigenvalue weighted by atomic mass is 10.0. The highest BCUT2D eigenvalue weighted by Gasteiger charge is 2.28. The molecule has 0 saturated carbocycles. The minimum atomic E-state index is -0.666. The Balaban J connectivity index is 1.71. The Kier molecular flexibility index (Phi) is 9.25. The zero-order chi connectivity index (χ0) is 29.6. The van der Waals surface area contributed by atoms with Crippen molar-refractivity contribution in [3.8, 4) is 23.1 Å². The van der Waals surface area contributed by atoms with Gasteiger partial charge in [0.25, 0.3) is 5.91 Å². The van der Waals surface area contributed by atoms with Crippen LogP contribution in [0, 0.1) is 11.3 Å². The maximum absolute atomic E-state index is 13.7. The first-order chi connectivity index (χ1) is 19.6. The number of carbonyl (C=O) groups is 2. The van der Waals surface area contributed by atoms with Crippen molar-refractivity contribution in [3.63, 3.8) is 0 Å². The smallest absolute Gasteiger partial charge is 0.412 e. The summed E-state index contributed by atoms with van der Waals surface area (Å²) in [5.74, 6) is 0.256. The van der Waals surface area contributed by atoms with E-state index in [1.165, 1.54) is 0 Å². The molecule has 0 radical (unpaired) electrons. The minimum absolute atomic E-state index is 0.0639. The number of fused-ring (bicyclic) bond motifs is 1. The summed E-state index contributed by atoms with van der Waals surface area (Å²) in [7, 11) is 0. The van der Waals surface area contributed by atoms with Crippen molar-refractivity contribution in [1.29, 1.82) is 5.26 Å². The maximum atomic E-state index is 13.7. The van der Waals surface area contributed by atoms with Gasteiger partial charge in [-0.05, 0) is 70.2 Å². The van der Waals surface area contributed by atoms with Crippen LogP contribution in [0.4, 0.5) is 10.5 Å². The Morgan fingerprint density at radius 1 is 1.17 bits per heavy atom. The van der Waals surface area contributed by atoms with Crippen LogP contribution >= 0.6 is 0 Å². The van der Waals surface area contributed by atoms with E-state index >= 15 is 0 Å². The molecule has 9 nitrogen and oxygen atoms in total. The Labute approximate surface area is 240 Å². The molecule has 41 heavy (non-hydrogen) atoms. The molecule has 214 valence electrons. The van der Waals surface area contributed by atoms with Crippen LogP contribution in [-0.2, 0) is 9.47 Å². The Morgan fingerprint density at radius 3 is 2.59 bits per heavy atom. The summed E-state index contributed by atoms with van der Waals surface area (Å²) in [4.78, 5) is 32.8. The second kappa shape index (κ2) is 12.8. The molecular weight excluding hydrogens is 520 g/mol. The molecule has 1 aliphatic heterocycles. The minimum Gasteiger partial charge on any atom is -0.492 e. The van der Waals surface area contributed by atoms with Crippen LogP contribution < -0.4 is 10.1 Å². The SMILES string of the molecule is C=C(C#N)CN(C(=O)c1cccc(-c2ccc3ccc(OCC)c(NC(=O)OC(C)(C)C)c3c2)n1)C1CCOCC1. The van der Waals surface area contributed by atoms with E-state index in [-0.39, 0.29) is 24.2 Å². The van der Waals surface area contributed by atoms with Crippen molar-refractivity contribution in [1.82, 2.24) is 9.88 Å². The molecule has 0 spiro atoms. The zero-order valence-electron chi connectivity index (χ0n) is 24.0. The predicted octanol–water partition coefficient (Wildman–Crippen LogP) is 6.35. The largest absolute Gasteiger partial charge is 0.492 e. The number of benzene rings is 2. The van der Waals surface area contributed by atoms with Gasteiger partial charge in [-0.15, -0.1) is 0 Å². The van der Waals surface area contributed by atoms with Crippen LogP contribution in [0.2, 0.25) is 0 Å². The van der Waals surface area contributed by atoms with E-state index in [0.29, 0.717) is 55.4 Å². The fourth-order valence-corrected chi connectivity index (χ4v) is 4.74. The van der Waals surface area contributed by atoms with Crippen molar-refractivity contribution >= 4 is 28.5 Å². The molecule has 2 aromatic carbocycles. The van der Waals surface area contributed by atoms with Gasteiger partial charge in [-0.3, -0.25) is 10.1 Å². The van der Waals surface area contributed by atoms with Gasteiger partial charge in [-0.1, -0.05) is 30.8 Å². The zero-order valence-corrected chi connectivity index (χ0v) is 24.0. The summed E-state index contributed by atoms with van der Waals surface area (Å²) in [6.07, 6.45) is 0.781. The van der Waals surface area contributed by atoms with Crippen molar-refractivity contribution in [2.75, 3.05) is 31.7 Å². The fourth-order valence-electron chi connectivity index (χ4n) is 4.74. The lowest BCUT2D eigenvalue weighted by Gasteiger charge is -2.34. The number of nitriles is 1. The molecule has 1 N–H and O–H groups in total. The van der Waals surface area contributed by atoms with Crippen molar-refractivity contribution in [3.05, 3.63) is 66.4 Å². The van der Waals surface area contributed by atoms with Crippen molar-refractivity contribution in [2.45, 2.75) is 52.2 Å². The highest BCUT2D eigenvalue weighted by atomic mass is 16.6. The van der Waals surface area contributed by atoms with Crippen molar-refractivity contribution in [2.24, 2.45) is 0 Å². The summed E-state index contributed by atoms with van der Waals surface area (Å²) in [5, 5.41) is 13.8. The third kappa shape index (κ3) is 7.41.